The van der Waals surface area contributed by atoms with Gasteiger partial charge in [-0.05, 0) is 36.2 Å². The Hall–Kier alpha value is -3.59. The number of pyridine rings is 1. The molecule has 1 aromatic heterocycles. The number of fused-ring (bicyclic) bond motifs is 1. The van der Waals surface area contributed by atoms with Crippen LogP contribution in [0.1, 0.15) is 11.1 Å². The number of carbonyl (C=O) groups excluding carboxylic acids is 1. The molecule has 2 aromatic carbocycles. The number of halogens is 1. The van der Waals surface area contributed by atoms with Gasteiger partial charge in [-0.3, -0.25) is 24.8 Å². The number of non-ortho nitro benzene ring substituents is 1. The van der Waals surface area contributed by atoms with Crippen molar-refractivity contribution in [3.8, 4) is 0 Å². The molecule has 32 heavy (non-hydrogen) atoms. The average Bonchev–Trinajstić information content (AvgIpc) is 2.79. The molecule has 0 unspecified atom stereocenters. The first kappa shape index (κ1) is 21.6. The fraction of sp³-hybridized carbons (Fsp3) is 0.304. The van der Waals surface area contributed by atoms with Crippen molar-refractivity contribution >= 4 is 28.1 Å². The van der Waals surface area contributed by atoms with Crippen LogP contribution < -0.4 is 10.2 Å². The second-order valence-electron chi connectivity index (χ2n) is 7.91. The van der Waals surface area contributed by atoms with Gasteiger partial charge < -0.3 is 10.2 Å². The molecule has 0 atom stereocenters. The number of amides is 1. The third-order valence-electron chi connectivity index (χ3n) is 5.77. The van der Waals surface area contributed by atoms with Crippen molar-refractivity contribution in [2.24, 2.45) is 0 Å². The maximum absolute atomic E-state index is 13.6. The van der Waals surface area contributed by atoms with Crippen LogP contribution in [0.2, 0.25) is 0 Å². The van der Waals surface area contributed by atoms with Gasteiger partial charge in [0, 0.05) is 62.3 Å². The number of piperazine rings is 1. The average molecular weight is 437 g/mol. The number of anilines is 1. The minimum Gasteiger partial charge on any atom is -0.368 e. The highest BCUT2D eigenvalue weighted by Crippen LogP contribution is 2.33. The molecule has 1 N–H and O–H groups in total. The van der Waals surface area contributed by atoms with Crippen LogP contribution in [0.5, 0.6) is 0 Å². The van der Waals surface area contributed by atoms with Crippen molar-refractivity contribution in [1.29, 1.82) is 0 Å². The van der Waals surface area contributed by atoms with Crippen LogP contribution in [0.3, 0.4) is 0 Å². The van der Waals surface area contributed by atoms with E-state index in [1.165, 1.54) is 18.3 Å². The van der Waals surface area contributed by atoms with E-state index in [0.717, 1.165) is 16.6 Å². The van der Waals surface area contributed by atoms with Crippen LogP contribution in [-0.4, -0.2) is 53.4 Å². The molecule has 0 aliphatic carbocycles. The standard InChI is InChI=1S/C23H24FN5O3/c1-16-2-3-17(12-20(16)24)13-26-23(30)15-27-8-10-28(11-9-27)21-4-5-22(29(31)32)19-14-25-7-6-18(19)21/h2-7,12,14H,8-11,13,15H2,1H3,(H,26,30). The fourth-order valence-corrected chi connectivity index (χ4v) is 3.95. The Morgan fingerprint density at radius 1 is 1.16 bits per heavy atom. The van der Waals surface area contributed by atoms with E-state index in [4.69, 9.17) is 0 Å². The summed E-state index contributed by atoms with van der Waals surface area (Å²) in [5.41, 5.74) is 2.28. The number of nitro benzene ring substituents is 1. The Labute approximate surface area is 184 Å². The van der Waals surface area contributed by atoms with Crippen molar-refractivity contribution in [2.45, 2.75) is 13.5 Å². The van der Waals surface area contributed by atoms with Gasteiger partial charge in [-0.15, -0.1) is 0 Å². The molecule has 2 heterocycles. The largest absolute Gasteiger partial charge is 0.368 e. The van der Waals surface area contributed by atoms with Gasteiger partial charge in [0.05, 0.1) is 16.9 Å². The van der Waals surface area contributed by atoms with Crippen LogP contribution in [0, 0.1) is 22.9 Å². The molecule has 8 nitrogen and oxygen atoms in total. The van der Waals surface area contributed by atoms with Crippen molar-refractivity contribution in [2.75, 3.05) is 37.6 Å². The number of nitrogens with zero attached hydrogens (tertiary/aromatic N) is 4. The third-order valence-corrected chi connectivity index (χ3v) is 5.77. The Morgan fingerprint density at radius 2 is 1.94 bits per heavy atom. The van der Waals surface area contributed by atoms with E-state index in [1.54, 1.807) is 31.3 Å². The van der Waals surface area contributed by atoms with Crippen LogP contribution in [0.4, 0.5) is 15.8 Å². The van der Waals surface area contributed by atoms with Crippen LogP contribution in [0.25, 0.3) is 10.8 Å². The number of nitrogens with one attached hydrogen (secondary N) is 1. The van der Waals surface area contributed by atoms with E-state index in [2.05, 4.69) is 20.1 Å². The molecule has 1 aliphatic heterocycles. The molecule has 0 radical (unpaired) electrons. The summed E-state index contributed by atoms with van der Waals surface area (Å²) in [6, 6.07) is 10.1. The number of rotatable bonds is 6. The first-order valence-electron chi connectivity index (χ1n) is 10.4. The van der Waals surface area contributed by atoms with Crippen LogP contribution in [-0.2, 0) is 11.3 Å². The zero-order valence-corrected chi connectivity index (χ0v) is 17.8. The summed E-state index contributed by atoms with van der Waals surface area (Å²) in [6.45, 7) is 5.04. The second-order valence-corrected chi connectivity index (χ2v) is 7.91. The monoisotopic (exact) mass is 437 g/mol. The molecule has 166 valence electrons. The molecule has 1 aliphatic rings. The number of hydrogen-bond acceptors (Lipinski definition) is 6. The minimum atomic E-state index is -0.394. The smallest absolute Gasteiger partial charge is 0.278 e. The molecule has 9 heteroatoms. The Balaban J connectivity index is 1.34. The highest BCUT2D eigenvalue weighted by molar-refractivity contribution is 5.99. The summed E-state index contributed by atoms with van der Waals surface area (Å²) < 4.78 is 13.6. The van der Waals surface area contributed by atoms with E-state index in [0.29, 0.717) is 43.7 Å². The maximum Gasteiger partial charge on any atom is 0.278 e. The molecule has 1 fully saturated rings. The van der Waals surface area contributed by atoms with Crippen molar-refractivity contribution < 1.29 is 14.1 Å². The van der Waals surface area contributed by atoms with Crippen molar-refractivity contribution in [3.05, 3.63) is 75.9 Å². The molecule has 1 saturated heterocycles. The molecule has 4 rings (SSSR count). The third kappa shape index (κ3) is 4.67. The predicted molar refractivity (Wildman–Crippen MR) is 120 cm³/mol. The molecule has 0 bridgehead atoms. The molecule has 0 saturated carbocycles. The second kappa shape index (κ2) is 9.27. The van der Waals surface area contributed by atoms with E-state index in [-0.39, 0.29) is 24.0 Å². The molecular weight excluding hydrogens is 413 g/mol. The van der Waals surface area contributed by atoms with Crippen LogP contribution >= 0.6 is 0 Å². The van der Waals surface area contributed by atoms with Gasteiger partial charge in [-0.25, -0.2) is 4.39 Å². The van der Waals surface area contributed by atoms with Gasteiger partial charge in [0.1, 0.15) is 5.82 Å². The van der Waals surface area contributed by atoms with Gasteiger partial charge >= 0.3 is 0 Å². The number of aryl methyl sites for hydroxylation is 1. The topological polar surface area (TPSA) is 91.6 Å². The van der Waals surface area contributed by atoms with Gasteiger partial charge in [-0.1, -0.05) is 12.1 Å². The minimum absolute atomic E-state index is 0.0422. The number of hydrogen-bond donors (Lipinski definition) is 1. The summed E-state index contributed by atoms with van der Waals surface area (Å²) in [4.78, 5) is 31.5. The van der Waals surface area contributed by atoms with E-state index in [9.17, 15) is 19.3 Å². The van der Waals surface area contributed by atoms with Crippen molar-refractivity contribution in [3.63, 3.8) is 0 Å². The summed E-state index contributed by atoms with van der Waals surface area (Å²) >= 11 is 0. The first-order valence-corrected chi connectivity index (χ1v) is 10.4. The summed E-state index contributed by atoms with van der Waals surface area (Å²) in [5, 5.41) is 15.5. The van der Waals surface area contributed by atoms with Crippen LogP contribution in [0.15, 0.2) is 48.8 Å². The number of benzene rings is 2. The summed E-state index contributed by atoms with van der Waals surface area (Å²) in [7, 11) is 0. The van der Waals surface area contributed by atoms with Gasteiger partial charge in [0.25, 0.3) is 5.69 Å². The zero-order valence-electron chi connectivity index (χ0n) is 17.8. The summed E-state index contributed by atoms with van der Waals surface area (Å²) in [6.07, 6.45) is 3.16. The lowest BCUT2D eigenvalue weighted by molar-refractivity contribution is -0.383. The molecule has 1 amide bonds. The highest BCUT2D eigenvalue weighted by Gasteiger charge is 2.22. The SMILES string of the molecule is Cc1ccc(CNC(=O)CN2CCN(c3ccc([N+](=O)[O-])c4cnccc34)CC2)cc1F. The zero-order chi connectivity index (χ0) is 22.7. The maximum atomic E-state index is 13.6. The molecule has 3 aromatic rings. The summed E-state index contributed by atoms with van der Waals surface area (Å²) in [5.74, 6) is -0.381. The van der Waals surface area contributed by atoms with Gasteiger partial charge in [0.15, 0.2) is 0 Å². The Kier molecular flexibility index (Phi) is 6.27. The lowest BCUT2D eigenvalue weighted by Gasteiger charge is -2.36. The number of carbonyl (C=O) groups is 1. The van der Waals surface area contributed by atoms with E-state index >= 15 is 0 Å². The quantitative estimate of drug-likeness (QED) is 0.471. The van der Waals surface area contributed by atoms with Gasteiger partial charge in [-0.2, -0.15) is 0 Å². The number of nitro groups is 1. The first-order chi connectivity index (χ1) is 15.4. The Morgan fingerprint density at radius 3 is 2.66 bits per heavy atom. The fourth-order valence-electron chi connectivity index (χ4n) is 3.95. The highest BCUT2D eigenvalue weighted by atomic mass is 19.1. The lowest BCUT2D eigenvalue weighted by atomic mass is 10.1. The number of aromatic nitrogens is 1. The van der Waals surface area contributed by atoms with E-state index < -0.39 is 4.92 Å². The van der Waals surface area contributed by atoms with Gasteiger partial charge in [0.2, 0.25) is 5.91 Å². The lowest BCUT2D eigenvalue weighted by Crippen LogP contribution is -2.49. The normalized spacial score (nSPS) is 14.5. The Bertz CT molecular complexity index is 1160. The molecule has 0 spiro atoms. The predicted octanol–water partition coefficient (Wildman–Crippen LogP) is 3.03. The van der Waals surface area contributed by atoms with E-state index in [1.807, 2.05) is 6.07 Å². The molecular formula is C23H24FN5O3. The van der Waals surface area contributed by atoms with Crippen molar-refractivity contribution in [1.82, 2.24) is 15.2 Å².